The van der Waals surface area contributed by atoms with Gasteiger partial charge in [0, 0.05) is 302 Å². The maximum Gasteiger partial charge on any atom is 0.210 e. The van der Waals surface area contributed by atoms with E-state index in [9.17, 15) is 0 Å². The summed E-state index contributed by atoms with van der Waals surface area (Å²) >= 11 is 0. The maximum absolute atomic E-state index is 8.92. The molecule has 6 aromatic heterocycles. The number of aryl methyl sites for hydroxylation is 8. The van der Waals surface area contributed by atoms with Crippen LogP contribution in [0.15, 0.2) is 159 Å². The first-order chi connectivity index (χ1) is 30.2. The molecule has 8 nitrogen and oxygen atoms in total. The van der Waals surface area contributed by atoms with E-state index in [2.05, 4.69) is 171 Å². The Labute approximate surface area is 565 Å². The summed E-state index contributed by atoms with van der Waals surface area (Å²) in [6, 6.07) is 29.8. The molecule has 0 amide bonds. The number of rotatable bonds is 16. The number of hydrogen-bond donors (Lipinski definition) is 2. The van der Waals surface area contributed by atoms with Crippen LogP contribution in [0.3, 0.4) is 0 Å². The van der Waals surface area contributed by atoms with Crippen molar-refractivity contribution in [2.24, 2.45) is 0 Å². The molecule has 354 valence electrons. The average Bonchev–Trinajstić information content (AvgIpc) is 3.30. The van der Waals surface area contributed by atoms with Gasteiger partial charge in [0.25, 0.3) is 0 Å². The van der Waals surface area contributed by atoms with Gasteiger partial charge < -0.3 is 10.2 Å². The second-order valence-electron chi connectivity index (χ2n) is 15.3. The van der Waals surface area contributed by atoms with E-state index in [1.54, 1.807) is 24.4 Å². The van der Waals surface area contributed by atoms with Gasteiger partial charge in [0.05, 0.1) is 0 Å². The fourth-order valence-electron chi connectivity index (χ4n) is 5.87. The number of aromatic nitrogens is 6. The number of hydrogen-bond acceptors (Lipinski definition) is 2. The largest absolute Gasteiger partial charge is 0.507 e. The second-order valence-corrected chi connectivity index (χ2v) is 15.3. The first kappa shape index (κ1) is 80.5. The molecule has 6 rings (SSSR count). The van der Waals surface area contributed by atoms with Gasteiger partial charge in [0.2, 0.25) is 6.20 Å². The topological polar surface area (TPSA) is 63.7 Å². The van der Waals surface area contributed by atoms with Gasteiger partial charge in [-0.2, -0.15) is 0 Å². The third kappa shape index (κ3) is 45.7. The molecule has 0 aliphatic carbocycles. The van der Waals surface area contributed by atoms with E-state index in [0.717, 1.165) is 39.1 Å². The van der Waals surface area contributed by atoms with E-state index < -0.39 is 0 Å². The zero-order valence-corrected chi connectivity index (χ0v) is 60.4. The summed E-state index contributed by atoms with van der Waals surface area (Å²) in [5.41, 5.74) is 2.67. The molecule has 68 heavy (non-hydrogen) atoms. The fourth-order valence-corrected chi connectivity index (χ4v) is 5.87. The van der Waals surface area contributed by atoms with Crippen LogP contribution in [0.5, 0.6) is 11.5 Å². The summed E-state index contributed by atoms with van der Waals surface area (Å²) in [6.45, 7) is 23.8. The number of nitrogens with zero attached hydrogens (tertiary/aromatic N) is 6. The van der Waals surface area contributed by atoms with E-state index in [1.165, 1.54) is 75.6 Å². The predicted octanol–water partition coefficient (Wildman–Crippen LogP) is 9.88. The molecule has 6 heterocycles. The van der Waals surface area contributed by atoms with Crippen LogP contribution in [0.4, 0.5) is 0 Å². The molecule has 0 aliphatic heterocycles. The molecule has 0 fully saturated rings. The van der Waals surface area contributed by atoms with Crippen molar-refractivity contribution in [3.63, 3.8) is 0 Å². The van der Waals surface area contributed by atoms with Crippen LogP contribution in [0.1, 0.15) is 117 Å². The van der Waals surface area contributed by atoms with Gasteiger partial charge in [-0.05, 0) is 31.9 Å². The van der Waals surface area contributed by atoms with Gasteiger partial charge >= 0.3 is 0 Å². The van der Waals surface area contributed by atoms with Crippen LogP contribution in [0.25, 0.3) is 0 Å². The Morgan fingerprint density at radius 2 is 0.765 bits per heavy atom. The standard InChI is InChI=1S/C11H18N.C10H16N.2C9H14N.C8H11NO.C7H9NO.6Y/c1-2-3-4-6-9-12-10-7-5-8-11-12;1-3-4-8-11-9-6-5-7-10(11)2;1-3-6-10-7-4-9(2)5-8-10;1-2-3-7-10-8-5-4-6-9-10;1-2-5-9-6-3-8(10)4-7-9;1-2-8-5-3-4-7(9)6-8;;;;;;/h5,7-8,10-11H,2-4,6,9H2,1H3;5-7,9H,3-4,8H2,1-2H3;4-5,7-8H,3,6H2,1-2H3;4-6,8-9H,2-3,7H2,1H3;3-4,6-7H,2,5H2,1H3;3-6H,2H2,1H3;;;;;;/q4*+1;;;;;;;;/p+2. The first-order valence-corrected chi connectivity index (χ1v) is 23.3. The van der Waals surface area contributed by atoms with E-state index in [-0.39, 0.29) is 196 Å². The minimum Gasteiger partial charge on any atom is -0.507 e. The van der Waals surface area contributed by atoms with Crippen LogP contribution in [-0.4, -0.2) is 10.2 Å². The Morgan fingerprint density at radius 1 is 0.338 bits per heavy atom. The van der Waals surface area contributed by atoms with Crippen molar-refractivity contribution < 1.29 is 234 Å². The molecule has 0 bridgehead atoms. The Morgan fingerprint density at radius 3 is 1.19 bits per heavy atom. The van der Waals surface area contributed by atoms with Gasteiger partial charge in [-0.15, -0.1) is 0 Å². The summed E-state index contributed by atoms with van der Waals surface area (Å²) in [4.78, 5) is 0. The molecule has 6 aromatic rings. The second kappa shape index (κ2) is 57.4. The van der Waals surface area contributed by atoms with Crippen molar-refractivity contribution in [1.82, 2.24) is 0 Å². The van der Waals surface area contributed by atoms with E-state index in [4.69, 9.17) is 10.2 Å². The van der Waals surface area contributed by atoms with Gasteiger partial charge in [0.15, 0.2) is 73.4 Å². The summed E-state index contributed by atoms with van der Waals surface area (Å²) in [6.07, 6.45) is 35.0. The Kier molecular flexibility index (Phi) is 68.0. The number of aromatic hydroxyl groups is 2. The van der Waals surface area contributed by atoms with Crippen molar-refractivity contribution in [2.45, 2.75) is 159 Å². The van der Waals surface area contributed by atoms with Crippen LogP contribution >= 0.6 is 0 Å². The van der Waals surface area contributed by atoms with Gasteiger partial charge in [-0.1, -0.05) is 78.5 Å². The quantitative estimate of drug-likeness (QED) is 0.0750. The van der Waals surface area contributed by atoms with Crippen molar-refractivity contribution in [3.8, 4) is 11.5 Å². The van der Waals surface area contributed by atoms with E-state index in [1.807, 2.05) is 46.8 Å². The Hall–Kier alpha value is 1.12. The molecular weight excluding hydrogens is 1300 g/mol. The van der Waals surface area contributed by atoms with Crippen molar-refractivity contribution >= 4 is 0 Å². The molecule has 0 saturated heterocycles. The SMILES string of the molecule is CCCCCC[n+]1ccccc1.CCCC[n+]1ccccc1.CCCC[n+]1ccccc1C.CCC[n+]1ccc(C)cc1.CCC[n+]1ccc(O)cc1.CC[n+]1cccc(O)c1.[Y].[Y].[Y].[Y].[Y].[Y]. The minimum atomic E-state index is 0. The normalized spacial score (nSPS) is 8.94. The zero-order chi connectivity index (χ0) is 45.5. The van der Waals surface area contributed by atoms with Crippen LogP contribution in [0, 0.1) is 13.8 Å². The van der Waals surface area contributed by atoms with Crippen molar-refractivity contribution in [1.29, 1.82) is 0 Å². The predicted molar refractivity (Wildman–Crippen MR) is 253 cm³/mol. The Bertz CT molecular complexity index is 1870. The molecule has 14 heteroatoms. The number of pyridine rings is 6. The van der Waals surface area contributed by atoms with Crippen molar-refractivity contribution in [3.05, 3.63) is 170 Å². The molecular formula is C54H84N6O2Y6+6. The summed E-state index contributed by atoms with van der Waals surface area (Å²) in [5, 5.41) is 17.8. The molecule has 0 saturated carbocycles. The molecule has 0 spiro atoms. The van der Waals surface area contributed by atoms with E-state index >= 15 is 0 Å². The zero-order valence-electron chi connectivity index (χ0n) is 43.4. The monoisotopic (exact) mass is 1380 g/mol. The maximum atomic E-state index is 8.92. The van der Waals surface area contributed by atoms with Crippen LogP contribution in [-0.2, 0) is 236 Å². The van der Waals surface area contributed by atoms with Gasteiger partial charge in [-0.25, -0.2) is 27.4 Å². The van der Waals surface area contributed by atoms with Crippen LogP contribution < -0.4 is 27.4 Å². The third-order valence-corrected chi connectivity index (χ3v) is 9.62. The van der Waals surface area contributed by atoms with Gasteiger partial charge in [-0.3, -0.25) is 0 Å². The number of unbranched alkanes of at least 4 members (excludes halogenated alkanes) is 5. The first-order valence-electron chi connectivity index (χ1n) is 23.3. The molecule has 0 aromatic carbocycles. The molecule has 0 unspecified atom stereocenters. The molecule has 2 N–H and O–H groups in total. The Balaban J connectivity index is -0.000000167. The minimum absolute atomic E-state index is 0. The molecule has 6 radical (unpaired) electrons. The van der Waals surface area contributed by atoms with Crippen molar-refractivity contribution in [2.75, 3.05) is 0 Å². The van der Waals surface area contributed by atoms with E-state index in [0.29, 0.717) is 11.5 Å². The average molecular weight is 1380 g/mol. The fraction of sp³-hybridized carbons (Fsp3) is 0.444. The summed E-state index contributed by atoms with van der Waals surface area (Å²) < 4.78 is 12.9. The summed E-state index contributed by atoms with van der Waals surface area (Å²) in [5.74, 6) is 0.645. The smallest absolute Gasteiger partial charge is 0.210 e. The molecule has 0 aliphatic rings. The van der Waals surface area contributed by atoms with Gasteiger partial charge in [0.1, 0.15) is 45.0 Å². The molecule has 0 atom stereocenters. The third-order valence-electron chi connectivity index (χ3n) is 9.62. The summed E-state index contributed by atoms with van der Waals surface area (Å²) in [7, 11) is 0. The van der Waals surface area contributed by atoms with Crippen LogP contribution in [0.2, 0.25) is 0 Å².